The monoisotopic (exact) mass is 302 g/mol. The zero-order valence-corrected chi connectivity index (χ0v) is 16.5. The first kappa shape index (κ1) is 28.1. The van der Waals surface area contributed by atoms with Gasteiger partial charge in [0.15, 0.2) is 0 Å². The molecule has 0 unspecified atom stereocenters. The summed E-state index contributed by atoms with van der Waals surface area (Å²) in [6.07, 6.45) is 13.2. The van der Waals surface area contributed by atoms with Crippen molar-refractivity contribution in [1.82, 2.24) is 0 Å². The Hall–Kier alpha value is 0.860. The third kappa shape index (κ3) is 32.4. The van der Waals surface area contributed by atoms with Gasteiger partial charge in [-0.15, -0.1) is 7.92 Å². The number of carbonyl (C=O) groups excluding carboxylic acids is 1. The molecule has 0 amide bonds. The van der Waals surface area contributed by atoms with Gasteiger partial charge < -0.3 is 15.4 Å². The molecule has 0 aliphatic heterocycles. The Morgan fingerprint density at radius 3 is 1.26 bits per heavy atom. The molecule has 2 N–H and O–H groups in total. The molecule has 5 heteroatoms. The van der Waals surface area contributed by atoms with E-state index >= 15 is 0 Å². The van der Waals surface area contributed by atoms with Gasteiger partial charge in [-0.1, -0.05) is 40.0 Å². The molecule has 0 aliphatic carbocycles. The predicted molar refractivity (Wildman–Crippen MR) is 80.5 cm³/mol. The van der Waals surface area contributed by atoms with Crippen LogP contribution in [0.1, 0.15) is 66.2 Å². The van der Waals surface area contributed by atoms with Gasteiger partial charge in [0.2, 0.25) is 0 Å². The van der Waals surface area contributed by atoms with E-state index in [1.807, 2.05) is 0 Å². The number of hydrogen-bond donors (Lipinski definition) is 0. The molecule has 0 aromatic heterocycles. The molecule has 0 spiro atoms. The van der Waals surface area contributed by atoms with Crippen LogP contribution >= 0.6 is 7.92 Å². The molecule has 0 aliphatic rings. The molecule has 19 heavy (non-hydrogen) atoms. The van der Waals surface area contributed by atoms with E-state index in [2.05, 4.69) is 20.8 Å². The van der Waals surface area contributed by atoms with Crippen LogP contribution < -0.4 is 34.7 Å². The fourth-order valence-corrected chi connectivity index (χ4v) is 4.44. The van der Waals surface area contributed by atoms with Crippen LogP contribution in [0, 0.1) is 0 Å². The number of aliphatic carboxylic acids is 1. The molecule has 0 bridgehead atoms. The van der Waals surface area contributed by atoms with Gasteiger partial charge in [0.05, 0.1) is 0 Å². The smallest absolute Gasteiger partial charge is 0.550 e. The molecule has 0 aromatic rings. The maximum Gasteiger partial charge on any atom is 1.00 e. The summed E-state index contributed by atoms with van der Waals surface area (Å²) < 4.78 is 0. The van der Waals surface area contributed by atoms with Gasteiger partial charge in [-0.2, -0.15) is 0 Å². The summed E-state index contributed by atoms with van der Waals surface area (Å²) in [6.45, 7) is 7.91. The van der Waals surface area contributed by atoms with E-state index in [9.17, 15) is 0 Å². The van der Waals surface area contributed by atoms with Gasteiger partial charge in [0.1, 0.15) is 0 Å². The molecule has 0 saturated heterocycles. The number of unbranched alkanes of at least 4 members (excludes halogenated alkanes) is 3. The summed E-state index contributed by atoms with van der Waals surface area (Å²) in [6, 6.07) is 0. The first-order valence-electron chi connectivity index (χ1n) is 6.98. The van der Waals surface area contributed by atoms with Gasteiger partial charge >= 0.3 is 29.6 Å². The van der Waals surface area contributed by atoms with Crippen molar-refractivity contribution in [3.05, 3.63) is 0 Å². The summed E-state index contributed by atoms with van der Waals surface area (Å²) in [5.74, 6) is -1.08. The summed E-state index contributed by atoms with van der Waals surface area (Å²) in [4.78, 5) is 8.89. The molecular formula is C14H32NaO3P. The number of carboxylic acids is 1. The van der Waals surface area contributed by atoms with Crippen LogP contribution in [-0.4, -0.2) is 29.9 Å². The SMILES string of the molecule is CC(=O)[O-].CCCCP(CCCC)CCCC.O.[Na+]. The Bertz CT molecular complexity index is 146. The molecule has 0 rings (SSSR count). The van der Waals surface area contributed by atoms with Crippen molar-refractivity contribution >= 4 is 13.9 Å². The maximum atomic E-state index is 8.89. The average molecular weight is 302 g/mol. The van der Waals surface area contributed by atoms with Crippen LogP contribution in [0.3, 0.4) is 0 Å². The molecule has 0 atom stereocenters. The minimum absolute atomic E-state index is 0. The molecule has 112 valence electrons. The minimum atomic E-state index is -1.08. The van der Waals surface area contributed by atoms with Crippen molar-refractivity contribution in [2.45, 2.75) is 66.2 Å². The molecular weight excluding hydrogens is 270 g/mol. The van der Waals surface area contributed by atoms with E-state index in [0.29, 0.717) is 7.92 Å². The second-order valence-corrected chi connectivity index (χ2v) is 7.08. The predicted octanol–water partition coefficient (Wildman–Crippen LogP) is -0.196. The van der Waals surface area contributed by atoms with E-state index in [1.165, 1.54) is 38.5 Å². The summed E-state index contributed by atoms with van der Waals surface area (Å²) in [7, 11) is 0.422. The standard InChI is InChI=1S/C12H27P.C2H4O2.Na.H2O/c1-4-7-10-13(11-8-5-2)12-9-6-3;1-2(3)4;;/h4-12H2,1-3H3;1H3,(H,3,4);;1H2/q;;+1;/p-1. The van der Waals surface area contributed by atoms with Crippen molar-refractivity contribution in [3.63, 3.8) is 0 Å². The average Bonchev–Trinajstić information content (AvgIpc) is 2.27. The second kappa shape index (κ2) is 23.9. The van der Waals surface area contributed by atoms with E-state index < -0.39 is 5.97 Å². The largest absolute Gasteiger partial charge is 1.00 e. The topological polar surface area (TPSA) is 71.6 Å². The van der Waals surface area contributed by atoms with E-state index in [4.69, 9.17) is 9.90 Å². The quantitative estimate of drug-likeness (QED) is 0.437. The molecule has 0 heterocycles. The van der Waals surface area contributed by atoms with Gasteiger partial charge in [-0.05, 0) is 44.7 Å². The van der Waals surface area contributed by atoms with Crippen LogP contribution in [0.15, 0.2) is 0 Å². The third-order valence-electron chi connectivity index (χ3n) is 2.48. The fourth-order valence-electron chi connectivity index (χ4n) is 1.48. The zero-order chi connectivity index (χ0) is 13.5. The molecule has 3 nitrogen and oxygen atoms in total. The fraction of sp³-hybridized carbons (Fsp3) is 0.929. The van der Waals surface area contributed by atoms with Crippen LogP contribution in [0.2, 0.25) is 0 Å². The first-order valence-corrected chi connectivity index (χ1v) is 8.88. The first-order chi connectivity index (χ1) is 8.08. The molecule has 0 radical (unpaired) electrons. The molecule has 0 fully saturated rings. The Kier molecular flexibility index (Phi) is 35.4. The molecule has 0 saturated carbocycles. The number of carbonyl (C=O) groups is 1. The van der Waals surface area contributed by atoms with Crippen molar-refractivity contribution in [1.29, 1.82) is 0 Å². The van der Waals surface area contributed by atoms with Crippen LogP contribution in [0.25, 0.3) is 0 Å². The Balaban J connectivity index is -0.000000165. The second-order valence-electron chi connectivity index (χ2n) is 4.39. The van der Waals surface area contributed by atoms with Crippen molar-refractivity contribution in [2.75, 3.05) is 18.5 Å². The van der Waals surface area contributed by atoms with Crippen molar-refractivity contribution in [2.24, 2.45) is 0 Å². The van der Waals surface area contributed by atoms with Crippen molar-refractivity contribution in [3.8, 4) is 0 Å². The Labute approximate surface area is 143 Å². The number of carboxylic acid groups (broad SMARTS) is 1. The van der Waals surface area contributed by atoms with Gasteiger partial charge in [0, 0.05) is 5.97 Å². The Morgan fingerprint density at radius 1 is 0.895 bits per heavy atom. The van der Waals surface area contributed by atoms with E-state index in [1.54, 1.807) is 18.5 Å². The maximum absolute atomic E-state index is 8.89. The minimum Gasteiger partial charge on any atom is -0.550 e. The number of rotatable bonds is 9. The van der Waals surface area contributed by atoms with Gasteiger partial charge in [-0.3, -0.25) is 0 Å². The van der Waals surface area contributed by atoms with Crippen LogP contribution in [0.5, 0.6) is 0 Å². The van der Waals surface area contributed by atoms with E-state index in [-0.39, 0.29) is 35.0 Å². The van der Waals surface area contributed by atoms with Gasteiger partial charge in [0.25, 0.3) is 0 Å². The van der Waals surface area contributed by atoms with Crippen LogP contribution in [0.4, 0.5) is 0 Å². The summed E-state index contributed by atoms with van der Waals surface area (Å²) >= 11 is 0. The summed E-state index contributed by atoms with van der Waals surface area (Å²) in [5, 5.41) is 8.89. The summed E-state index contributed by atoms with van der Waals surface area (Å²) in [5.41, 5.74) is 0. The molecule has 0 aromatic carbocycles. The third-order valence-corrected chi connectivity index (χ3v) is 5.33. The number of hydrogen-bond acceptors (Lipinski definition) is 2. The zero-order valence-electron chi connectivity index (χ0n) is 13.6. The normalized spacial score (nSPS) is 8.89. The van der Waals surface area contributed by atoms with Crippen molar-refractivity contribution < 1.29 is 44.9 Å². The van der Waals surface area contributed by atoms with Crippen LogP contribution in [-0.2, 0) is 4.79 Å². The van der Waals surface area contributed by atoms with E-state index in [0.717, 1.165) is 6.92 Å². The Morgan fingerprint density at radius 2 is 1.11 bits per heavy atom. The van der Waals surface area contributed by atoms with Gasteiger partial charge in [-0.25, -0.2) is 0 Å².